The van der Waals surface area contributed by atoms with E-state index in [4.69, 9.17) is 10.00 Å². The van der Waals surface area contributed by atoms with Gasteiger partial charge in [0.1, 0.15) is 23.1 Å². The Balaban J connectivity index is 2.31. The summed E-state index contributed by atoms with van der Waals surface area (Å²) in [6.45, 7) is 1.63. The molecule has 0 radical (unpaired) electrons. The summed E-state index contributed by atoms with van der Waals surface area (Å²) in [5.41, 5.74) is 0.650. The van der Waals surface area contributed by atoms with Crippen molar-refractivity contribution in [3.05, 3.63) is 59.2 Å². The molecule has 0 heterocycles. The highest BCUT2D eigenvalue weighted by Crippen LogP contribution is 2.25. The molecule has 2 aromatic carbocycles. The number of nitrogens with zero attached hydrogens (tertiary/aromatic N) is 1. The lowest BCUT2D eigenvalue weighted by Crippen LogP contribution is -1.89. The Morgan fingerprint density at radius 1 is 1.06 bits per heavy atom. The van der Waals surface area contributed by atoms with Gasteiger partial charge in [-0.25, -0.2) is 8.78 Å². The van der Waals surface area contributed by atoms with E-state index in [0.717, 1.165) is 12.1 Å². The Morgan fingerprint density at radius 2 is 1.83 bits per heavy atom. The Hall–Kier alpha value is -2.41. The van der Waals surface area contributed by atoms with Crippen molar-refractivity contribution in [1.29, 1.82) is 5.26 Å². The van der Waals surface area contributed by atoms with Crippen LogP contribution < -0.4 is 4.74 Å². The minimum absolute atomic E-state index is 0.151. The van der Waals surface area contributed by atoms with Crippen molar-refractivity contribution in [2.75, 3.05) is 0 Å². The normalized spacial score (nSPS) is 9.89. The Morgan fingerprint density at radius 3 is 2.50 bits per heavy atom. The number of rotatable bonds is 2. The molecule has 0 spiro atoms. The first-order valence-electron chi connectivity index (χ1n) is 5.23. The first-order valence-corrected chi connectivity index (χ1v) is 5.23. The van der Waals surface area contributed by atoms with Crippen LogP contribution in [0.15, 0.2) is 36.4 Å². The zero-order valence-corrected chi connectivity index (χ0v) is 9.58. The number of aryl methyl sites for hydroxylation is 1. The lowest BCUT2D eigenvalue weighted by atomic mass is 10.2. The van der Waals surface area contributed by atoms with Crippen molar-refractivity contribution in [3.8, 4) is 17.6 Å². The summed E-state index contributed by atoms with van der Waals surface area (Å²) in [7, 11) is 0. The van der Waals surface area contributed by atoms with Crippen LogP contribution in [0.2, 0.25) is 0 Å². The van der Waals surface area contributed by atoms with E-state index in [-0.39, 0.29) is 17.1 Å². The predicted molar refractivity (Wildman–Crippen MR) is 62.3 cm³/mol. The van der Waals surface area contributed by atoms with Crippen molar-refractivity contribution in [2.24, 2.45) is 0 Å². The molecule has 2 nitrogen and oxygen atoms in total. The van der Waals surface area contributed by atoms with Gasteiger partial charge in [-0.2, -0.15) is 5.26 Å². The van der Waals surface area contributed by atoms with E-state index in [0.29, 0.717) is 5.56 Å². The maximum absolute atomic E-state index is 13.3. The second kappa shape index (κ2) is 4.84. The summed E-state index contributed by atoms with van der Waals surface area (Å²) < 4.78 is 31.8. The average molecular weight is 245 g/mol. The fraction of sp³-hybridized carbons (Fsp3) is 0.0714. The van der Waals surface area contributed by atoms with Crippen LogP contribution in [-0.2, 0) is 0 Å². The predicted octanol–water partition coefficient (Wildman–Crippen LogP) is 3.94. The minimum Gasteiger partial charge on any atom is -0.457 e. The molecule has 0 aliphatic carbocycles. The molecule has 0 unspecified atom stereocenters. The topological polar surface area (TPSA) is 33.0 Å². The van der Waals surface area contributed by atoms with Crippen LogP contribution in [0, 0.1) is 29.9 Å². The van der Waals surface area contributed by atoms with Crippen molar-refractivity contribution < 1.29 is 13.5 Å². The minimum atomic E-state index is -0.573. The lowest BCUT2D eigenvalue weighted by molar-refractivity contribution is 0.470. The van der Waals surface area contributed by atoms with Crippen LogP contribution in [0.3, 0.4) is 0 Å². The van der Waals surface area contributed by atoms with Gasteiger partial charge in [0.2, 0.25) is 0 Å². The zero-order chi connectivity index (χ0) is 13.1. The molecule has 4 heteroatoms. The molecule has 90 valence electrons. The SMILES string of the molecule is Cc1ccc(Oc2cc(F)cc(C#N)c2)cc1F. The summed E-state index contributed by atoms with van der Waals surface area (Å²) in [5.74, 6) is -0.552. The van der Waals surface area contributed by atoms with E-state index >= 15 is 0 Å². The van der Waals surface area contributed by atoms with Gasteiger partial charge in [0.25, 0.3) is 0 Å². The van der Waals surface area contributed by atoms with Crippen LogP contribution in [-0.4, -0.2) is 0 Å². The van der Waals surface area contributed by atoms with Crippen LogP contribution in [0.5, 0.6) is 11.5 Å². The van der Waals surface area contributed by atoms with Gasteiger partial charge in [-0.1, -0.05) is 6.07 Å². The third kappa shape index (κ3) is 2.64. The molecule has 18 heavy (non-hydrogen) atoms. The summed E-state index contributed by atoms with van der Waals surface area (Å²) in [6, 6.07) is 9.81. The van der Waals surface area contributed by atoms with Gasteiger partial charge in [-0.15, -0.1) is 0 Å². The Labute approximate surface area is 103 Å². The lowest BCUT2D eigenvalue weighted by Gasteiger charge is -2.07. The van der Waals surface area contributed by atoms with Crippen LogP contribution in [0.1, 0.15) is 11.1 Å². The van der Waals surface area contributed by atoms with E-state index in [1.807, 2.05) is 6.07 Å². The number of halogens is 2. The molecule has 0 saturated carbocycles. The Kier molecular flexibility index (Phi) is 3.24. The third-order valence-electron chi connectivity index (χ3n) is 2.38. The fourth-order valence-corrected chi connectivity index (χ4v) is 1.46. The molecule has 0 aliphatic heterocycles. The molecule has 0 amide bonds. The summed E-state index contributed by atoms with van der Waals surface area (Å²) in [4.78, 5) is 0. The van der Waals surface area contributed by atoms with Crippen molar-refractivity contribution in [2.45, 2.75) is 6.92 Å². The van der Waals surface area contributed by atoms with Gasteiger partial charge < -0.3 is 4.74 Å². The molecule has 0 N–H and O–H groups in total. The van der Waals surface area contributed by atoms with E-state index < -0.39 is 11.6 Å². The molecule has 0 bridgehead atoms. The monoisotopic (exact) mass is 245 g/mol. The first-order chi connectivity index (χ1) is 8.58. The number of hydrogen-bond donors (Lipinski definition) is 0. The number of nitriles is 1. The summed E-state index contributed by atoms with van der Waals surface area (Å²) in [6.07, 6.45) is 0. The average Bonchev–Trinajstić information content (AvgIpc) is 2.33. The van der Waals surface area contributed by atoms with Gasteiger partial charge >= 0.3 is 0 Å². The zero-order valence-electron chi connectivity index (χ0n) is 9.58. The summed E-state index contributed by atoms with van der Waals surface area (Å²) in [5, 5.41) is 8.70. The van der Waals surface area contributed by atoms with Crippen molar-refractivity contribution >= 4 is 0 Å². The van der Waals surface area contributed by atoms with E-state index in [1.54, 1.807) is 19.1 Å². The highest BCUT2D eigenvalue weighted by Gasteiger charge is 2.05. The van der Waals surface area contributed by atoms with Gasteiger partial charge in [0.15, 0.2) is 0 Å². The summed E-state index contributed by atoms with van der Waals surface area (Å²) >= 11 is 0. The van der Waals surface area contributed by atoms with Crippen LogP contribution in [0.25, 0.3) is 0 Å². The number of ether oxygens (including phenoxy) is 1. The largest absolute Gasteiger partial charge is 0.457 e. The highest BCUT2D eigenvalue weighted by atomic mass is 19.1. The van der Waals surface area contributed by atoms with E-state index in [1.165, 1.54) is 12.1 Å². The van der Waals surface area contributed by atoms with Gasteiger partial charge in [0, 0.05) is 12.1 Å². The van der Waals surface area contributed by atoms with Gasteiger partial charge in [-0.3, -0.25) is 0 Å². The highest BCUT2D eigenvalue weighted by molar-refractivity contribution is 5.40. The number of benzene rings is 2. The van der Waals surface area contributed by atoms with Gasteiger partial charge in [-0.05, 0) is 30.7 Å². The smallest absolute Gasteiger partial charge is 0.131 e. The second-order valence-electron chi connectivity index (χ2n) is 3.80. The molecule has 2 aromatic rings. The van der Waals surface area contributed by atoms with Crippen molar-refractivity contribution in [3.63, 3.8) is 0 Å². The Bertz CT molecular complexity index is 632. The van der Waals surface area contributed by atoms with E-state index in [2.05, 4.69) is 0 Å². The maximum Gasteiger partial charge on any atom is 0.131 e. The fourth-order valence-electron chi connectivity index (χ4n) is 1.46. The molecule has 0 saturated heterocycles. The standard InChI is InChI=1S/C14H9F2NO/c1-9-2-3-12(7-14(9)16)18-13-5-10(8-17)4-11(15)6-13/h2-7H,1H3. The quantitative estimate of drug-likeness (QED) is 0.802. The van der Waals surface area contributed by atoms with E-state index in [9.17, 15) is 8.78 Å². The molecule has 0 fully saturated rings. The molecule has 0 atom stereocenters. The molecular weight excluding hydrogens is 236 g/mol. The van der Waals surface area contributed by atoms with Crippen molar-refractivity contribution in [1.82, 2.24) is 0 Å². The van der Waals surface area contributed by atoms with Crippen LogP contribution >= 0.6 is 0 Å². The maximum atomic E-state index is 13.3. The molecular formula is C14H9F2NO. The molecule has 0 aliphatic rings. The third-order valence-corrected chi connectivity index (χ3v) is 2.38. The second-order valence-corrected chi connectivity index (χ2v) is 3.80. The first kappa shape index (κ1) is 12.1. The van der Waals surface area contributed by atoms with Crippen LogP contribution in [0.4, 0.5) is 8.78 Å². The molecule has 2 rings (SSSR count). The number of hydrogen-bond acceptors (Lipinski definition) is 2. The van der Waals surface area contributed by atoms with Gasteiger partial charge in [0.05, 0.1) is 11.6 Å². The molecule has 0 aromatic heterocycles.